The van der Waals surface area contributed by atoms with Gasteiger partial charge in [0.25, 0.3) is 0 Å². The lowest BCUT2D eigenvalue weighted by Gasteiger charge is -2.22. The molecule has 0 unspecified atom stereocenters. The third kappa shape index (κ3) is 3.60. The Bertz CT molecular complexity index is 936. The highest BCUT2D eigenvalue weighted by molar-refractivity contribution is 6.02. The van der Waals surface area contributed by atoms with Crippen LogP contribution in [-0.2, 0) is 0 Å². The van der Waals surface area contributed by atoms with Gasteiger partial charge in [-0.15, -0.1) is 0 Å². The second-order valence-electron chi connectivity index (χ2n) is 6.11. The SMILES string of the molecule is CCN(C(=O)Nc1ccc2nc(C)c(C)nc2c1)c1cccc(C)c1. The minimum Gasteiger partial charge on any atom is -0.307 e. The number of nitrogens with one attached hydrogen (secondary N) is 1. The van der Waals surface area contributed by atoms with Crippen molar-refractivity contribution in [2.24, 2.45) is 0 Å². The maximum atomic E-state index is 12.7. The Morgan fingerprint density at radius 1 is 1.00 bits per heavy atom. The van der Waals surface area contributed by atoms with Gasteiger partial charge < -0.3 is 5.32 Å². The Balaban J connectivity index is 1.86. The van der Waals surface area contributed by atoms with Crippen molar-refractivity contribution in [2.75, 3.05) is 16.8 Å². The normalized spacial score (nSPS) is 10.7. The van der Waals surface area contributed by atoms with Crippen molar-refractivity contribution in [2.45, 2.75) is 27.7 Å². The molecule has 1 heterocycles. The molecule has 1 aromatic heterocycles. The number of urea groups is 1. The minimum absolute atomic E-state index is 0.163. The molecule has 2 amide bonds. The summed E-state index contributed by atoms with van der Waals surface area (Å²) < 4.78 is 0. The second kappa shape index (κ2) is 6.89. The molecular formula is C20H22N4O. The fraction of sp³-hybridized carbons (Fsp3) is 0.250. The lowest BCUT2D eigenvalue weighted by atomic mass is 10.2. The molecule has 2 aromatic carbocycles. The summed E-state index contributed by atoms with van der Waals surface area (Å²) in [6.45, 7) is 8.43. The van der Waals surface area contributed by atoms with E-state index in [1.54, 1.807) is 4.90 Å². The molecule has 3 aromatic rings. The van der Waals surface area contributed by atoms with E-state index in [1.807, 2.05) is 70.2 Å². The first-order chi connectivity index (χ1) is 12.0. The van der Waals surface area contributed by atoms with Crippen molar-refractivity contribution in [3.05, 3.63) is 59.4 Å². The van der Waals surface area contributed by atoms with Crippen molar-refractivity contribution in [3.63, 3.8) is 0 Å². The molecule has 0 fully saturated rings. The molecule has 25 heavy (non-hydrogen) atoms. The molecule has 0 atom stereocenters. The Labute approximate surface area is 147 Å². The second-order valence-corrected chi connectivity index (χ2v) is 6.11. The van der Waals surface area contributed by atoms with Crippen LogP contribution >= 0.6 is 0 Å². The molecule has 0 spiro atoms. The Morgan fingerprint density at radius 3 is 2.40 bits per heavy atom. The number of nitrogens with zero attached hydrogens (tertiary/aromatic N) is 3. The maximum absolute atomic E-state index is 12.7. The van der Waals surface area contributed by atoms with Crippen LogP contribution in [0.15, 0.2) is 42.5 Å². The Kier molecular flexibility index (Phi) is 4.65. The van der Waals surface area contributed by atoms with Gasteiger partial charge in [-0.1, -0.05) is 12.1 Å². The summed E-state index contributed by atoms with van der Waals surface area (Å²) in [7, 11) is 0. The van der Waals surface area contributed by atoms with Gasteiger partial charge in [-0.3, -0.25) is 4.90 Å². The van der Waals surface area contributed by atoms with E-state index < -0.39 is 0 Å². The molecule has 0 radical (unpaired) electrons. The number of benzene rings is 2. The van der Waals surface area contributed by atoms with Crippen molar-refractivity contribution in [3.8, 4) is 0 Å². The van der Waals surface area contributed by atoms with Crippen molar-refractivity contribution < 1.29 is 4.79 Å². The minimum atomic E-state index is -0.163. The molecule has 0 saturated heterocycles. The number of carbonyl (C=O) groups is 1. The monoisotopic (exact) mass is 334 g/mol. The van der Waals surface area contributed by atoms with E-state index in [0.29, 0.717) is 12.2 Å². The fourth-order valence-electron chi connectivity index (χ4n) is 2.74. The number of amides is 2. The van der Waals surface area contributed by atoms with Gasteiger partial charge in [-0.05, 0) is 63.6 Å². The van der Waals surface area contributed by atoms with Gasteiger partial charge in [-0.2, -0.15) is 0 Å². The Morgan fingerprint density at radius 2 is 1.72 bits per heavy atom. The van der Waals surface area contributed by atoms with Crippen LogP contribution in [0, 0.1) is 20.8 Å². The lowest BCUT2D eigenvalue weighted by Crippen LogP contribution is -2.34. The summed E-state index contributed by atoms with van der Waals surface area (Å²) in [5.74, 6) is 0. The number of fused-ring (bicyclic) bond motifs is 1. The summed E-state index contributed by atoms with van der Waals surface area (Å²) in [4.78, 5) is 23.5. The molecule has 5 heteroatoms. The summed E-state index contributed by atoms with van der Waals surface area (Å²) >= 11 is 0. The highest BCUT2D eigenvalue weighted by atomic mass is 16.2. The summed E-state index contributed by atoms with van der Waals surface area (Å²) in [6, 6.07) is 13.3. The van der Waals surface area contributed by atoms with E-state index in [1.165, 1.54) is 0 Å². The highest BCUT2D eigenvalue weighted by Gasteiger charge is 2.14. The van der Waals surface area contributed by atoms with E-state index >= 15 is 0 Å². The average molecular weight is 334 g/mol. The summed E-state index contributed by atoms with van der Waals surface area (Å²) in [6.07, 6.45) is 0. The van der Waals surface area contributed by atoms with Crippen LogP contribution in [-0.4, -0.2) is 22.5 Å². The predicted molar refractivity (Wildman–Crippen MR) is 102 cm³/mol. The van der Waals surface area contributed by atoms with Crippen LogP contribution in [0.3, 0.4) is 0 Å². The van der Waals surface area contributed by atoms with Crippen LogP contribution in [0.2, 0.25) is 0 Å². The van der Waals surface area contributed by atoms with Gasteiger partial charge in [0.2, 0.25) is 0 Å². The zero-order valence-corrected chi connectivity index (χ0v) is 15.0. The third-order valence-corrected chi connectivity index (χ3v) is 4.20. The predicted octanol–water partition coefficient (Wildman–Crippen LogP) is 4.61. The van der Waals surface area contributed by atoms with Gasteiger partial charge in [0.15, 0.2) is 0 Å². The van der Waals surface area contributed by atoms with E-state index in [0.717, 1.165) is 33.7 Å². The van der Waals surface area contributed by atoms with Crippen LogP contribution < -0.4 is 10.2 Å². The standard InChI is InChI=1S/C20H22N4O/c1-5-24(17-8-6-7-13(2)11-17)20(25)23-16-9-10-18-19(12-16)22-15(4)14(3)21-18/h6-12H,5H2,1-4H3,(H,23,25). The first-order valence-corrected chi connectivity index (χ1v) is 8.38. The molecule has 128 valence electrons. The molecule has 0 aliphatic carbocycles. The van der Waals surface area contributed by atoms with Crippen LogP contribution in [0.5, 0.6) is 0 Å². The van der Waals surface area contributed by atoms with Crippen LogP contribution in [0.1, 0.15) is 23.9 Å². The number of anilines is 2. The number of aromatic nitrogens is 2. The van der Waals surface area contributed by atoms with E-state index in [9.17, 15) is 4.79 Å². The van der Waals surface area contributed by atoms with E-state index in [2.05, 4.69) is 15.3 Å². The van der Waals surface area contributed by atoms with Crippen molar-refractivity contribution in [1.82, 2.24) is 9.97 Å². The first kappa shape index (κ1) is 16.9. The number of hydrogen-bond donors (Lipinski definition) is 1. The van der Waals surface area contributed by atoms with Gasteiger partial charge in [0, 0.05) is 17.9 Å². The van der Waals surface area contributed by atoms with Crippen LogP contribution in [0.25, 0.3) is 11.0 Å². The molecule has 0 aliphatic heterocycles. The number of carbonyl (C=O) groups excluding carboxylic acids is 1. The largest absolute Gasteiger partial charge is 0.326 e. The summed E-state index contributed by atoms with van der Waals surface area (Å²) in [5.41, 5.74) is 6.13. The zero-order chi connectivity index (χ0) is 18.0. The quantitative estimate of drug-likeness (QED) is 0.761. The maximum Gasteiger partial charge on any atom is 0.326 e. The van der Waals surface area contributed by atoms with Gasteiger partial charge in [0.05, 0.1) is 22.4 Å². The third-order valence-electron chi connectivity index (χ3n) is 4.20. The first-order valence-electron chi connectivity index (χ1n) is 8.38. The molecule has 1 N–H and O–H groups in total. The van der Waals surface area contributed by atoms with E-state index in [-0.39, 0.29) is 6.03 Å². The molecule has 0 saturated carbocycles. The van der Waals surface area contributed by atoms with Gasteiger partial charge in [-0.25, -0.2) is 14.8 Å². The number of aryl methyl sites for hydroxylation is 3. The lowest BCUT2D eigenvalue weighted by molar-refractivity contribution is 0.257. The van der Waals surface area contributed by atoms with Crippen molar-refractivity contribution >= 4 is 28.4 Å². The average Bonchev–Trinajstić information content (AvgIpc) is 2.57. The Hall–Kier alpha value is -2.95. The number of rotatable bonds is 3. The van der Waals surface area contributed by atoms with Crippen molar-refractivity contribution in [1.29, 1.82) is 0 Å². The van der Waals surface area contributed by atoms with E-state index in [4.69, 9.17) is 0 Å². The topological polar surface area (TPSA) is 58.1 Å². The molecular weight excluding hydrogens is 312 g/mol. The zero-order valence-electron chi connectivity index (χ0n) is 15.0. The highest BCUT2D eigenvalue weighted by Crippen LogP contribution is 2.20. The van der Waals surface area contributed by atoms with Gasteiger partial charge >= 0.3 is 6.03 Å². The molecule has 5 nitrogen and oxygen atoms in total. The molecule has 0 bridgehead atoms. The molecule has 0 aliphatic rings. The molecule has 3 rings (SSSR count). The van der Waals surface area contributed by atoms with Gasteiger partial charge in [0.1, 0.15) is 0 Å². The number of hydrogen-bond acceptors (Lipinski definition) is 3. The summed E-state index contributed by atoms with van der Waals surface area (Å²) in [5, 5.41) is 2.96. The smallest absolute Gasteiger partial charge is 0.307 e. The fourth-order valence-corrected chi connectivity index (χ4v) is 2.74. The van der Waals surface area contributed by atoms with Crippen LogP contribution in [0.4, 0.5) is 16.2 Å².